The number of hydrogen-bond acceptors (Lipinski definition) is 3. The zero-order chi connectivity index (χ0) is 11.4. The Morgan fingerprint density at radius 3 is 2.80 bits per heavy atom. The molecule has 0 saturated carbocycles. The van der Waals surface area contributed by atoms with Gasteiger partial charge in [-0.1, -0.05) is 6.07 Å². The van der Waals surface area contributed by atoms with Crippen molar-refractivity contribution in [2.24, 2.45) is 0 Å². The van der Waals surface area contributed by atoms with Gasteiger partial charge >= 0.3 is 5.97 Å². The van der Waals surface area contributed by atoms with Crippen LogP contribution in [0.5, 0.6) is 0 Å². The molecule has 1 unspecified atom stereocenters. The first-order chi connectivity index (χ1) is 7.06. The first-order valence-corrected chi connectivity index (χ1v) is 4.77. The van der Waals surface area contributed by atoms with E-state index in [-0.39, 0.29) is 0 Å². The van der Waals surface area contributed by atoms with E-state index in [9.17, 15) is 9.18 Å². The summed E-state index contributed by atoms with van der Waals surface area (Å²) in [5, 5.41) is 0. The van der Waals surface area contributed by atoms with E-state index in [2.05, 4.69) is 0 Å². The van der Waals surface area contributed by atoms with Gasteiger partial charge in [-0.3, -0.25) is 4.79 Å². The number of carbonyl (C=O) groups excluding carboxylic acids is 1. The van der Waals surface area contributed by atoms with E-state index in [4.69, 9.17) is 10.5 Å². The Hall–Kier alpha value is -1.58. The summed E-state index contributed by atoms with van der Waals surface area (Å²) in [6.45, 7) is 3.61. The molecule has 0 amide bonds. The second-order valence-corrected chi connectivity index (χ2v) is 3.25. The molecule has 0 aliphatic carbocycles. The number of benzene rings is 1. The van der Waals surface area contributed by atoms with Crippen LogP contribution in [0.3, 0.4) is 0 Å². The summed E-state index contributed by atoms with van der Waals surface area (Å²) in [5.41, 5.74) is 6.05. The first-order valence-electron chi connectivity index (χ1n) is 4.77. The smallest absolute Gasteiger partial charge is 0.313 e. The van der Waals surface area contributed by atoms with E-state index >= 15 is 0 Å². The van der Waals surface area contributed by atoms with Crippen molar-refractivity contribution >= 4 is 11.7 Å². The van der Waals surface area contributed by atoms with Crippen LogP contribution < -0.4 is 5.73 Å². The van der Waals surface area contributed by atoms with Gasteiger partial charge in [-0.15, -0.1) is 0 Å². The SMILES string of the molecule is CCOC(=O)C(C)c1ccc(N)cc1F. The predicted molar refractivity (Wildman–Crippen MR) is 55.9 cm³/mol. The molecule has 0 aliphatic heterocycles. The van der Waals surface area contributed by atoms with Gasteiger partial charge in [0, 0.05) is 11.3 Å². The third kappa shape index (κ3) is 2.68. The molecule has 1 aromatic carbocycles. The number of nitrogens with two attached hydrogens (primary N) is 1. The van der Waals surface area contributed by atoms with Crippen LogP contribution in [0.15, 0.2) is 18.2 Å². The Balaban J connectivity index is 2.91. The van der Waals surface area contributed by atoms with Crippen LogP contribution >= 0.6 is 0 Å². The fourth-order valence-corrected chi connectivity index (χ4v) is 1.29. The van der Waals surface area contributed by atoms with Crippen molar-refractivity contribution in [3.63, 3.8) is 0 Å². The van der Waals surface area contributed by atoms with Gasteiger partial charge in [0.2, 0.25) is 0 Å². The number of halogens is 1. The summed E-state index contributed by atoms with van der Waals surface area (Å²) < 4.78 is 18.2. The van der Waals surface area contributed by atoms with Crippen molar-refractivity contribution in [1.82, 2.24) is 0 Å². The van der Waals surface area contributed by atoms with E-state index in [1.807, 2.05) is 0 Å². The van der Waals surface area contributed by atoms with Gasteiger partial charge in [-0.25, -0.2) is 4.39 Å². The molecular formula is C11H14FNO2. The molecule has 0 aliphatic rings. The molecule has 0 fully saturated rings. The molecule has 0 spiro atoms. The van der Waals surface area contributed by atoms with E-state index in [0.29, 0.717) is 17.9 Å². The summed E-state index contributed by atoms with van der Waals surface area (Å²) >= 11 is 0. The first kappa shape index (κ1) is 11.5. The maximum absolute atomic E-state index is 13.4. The van der Waals surface area contributed by atoms with Crippen LogP contribution in [-0.4, -0.2) is 12.6 Å². The van der Waals surface area contributed by atoms with Crippen LogP contribution in [0.4, 0.5) is 10.1 Å². The van der Waals surface area contributed by atoms with Crippen molar-refractivity contribution in [2.75, 3.05) is 12.3 Å². The van der Waals surface area contributed by atoms with Gasteiger partial charge in [-0.05, 0) is 26.0 Å². The van der Waals surface area contributed by atoms with Crippen molar-refractivity contribution < 1.29 is 13.9 Å². The lowest BCUT2D eigenvalue weighted by molar-refractivity contribution is -0.144. The Labute approximate surface area is 88.0 Å². The monoisotopic (exact) mass is 211 g/mol. The van der Waals surface area contributed by atoms with Gasteiger partial charge in [0.1, 0.15) is 5.82 Å². The van der Waals surface area contributed by atoms with Gasteiger partial charge in [0.15, 0.2) is 0 Å². The molecule has 0 heterocycles. The van der Waals surface area contributed by atoms with E-state index < -0.39 is 17.7 Å². The number of nitrogen functional groups attached to an aromatic ring is 1. The normalized spacial score (nSPS) is 12.2. The minimum atomic E-state index is -0.606. The topological polar surface area (TPSA) is 52.3 Å². The molecule has 3 nitrogen and oxygen atoms in total. The van der Waals surface area contributed by atoms with Crippen molar-refractivity contribution in [3.05, 3.63) is 29.6 Å². The minimum Gasteiger partial charge on any atom is -0.466 e. The fourth-order valence-electron chi connectivity index (χ4n) is 1.29. The molecule has 0 bridgehead atoms. The predicted octanol–water partition coefficient (Wildman–Crippen LogP) is 2.07. The lowest BCUT2D eigenvalue weighted by Gasteiger charge is -2.11. The molecule has 1 aromatic rings. The maximum atomic E-state index is 13.4. The van der Waals surface area contributed by atoms with Gasteiger partial charge < -0.3 is 10.5 Å². The Morgan fingerprint density at radius 2 is 2.27 bits per heavy atom. The minimum absolute atomic E-state index is 0.291. The quantitative estimate of drug-likeness (QED) is 0.615. The summed E-state index contributed by atoms with van der Waals surface area (Å²) in [6.07, 6.45) is 0. The standard InChI is InChI=1S/C11H14FNO2/c1-3-15-11(14)7(2)9-5-4-8(13)6-10(9)12/h4-7H,3,13H2,1-2H3. The van der Waals surface area contributed by atoms with E-state index in [1.165, 1.54) is 12.1 Å². The highest BCUT2D eigenvalue weighted by molar-refractivity contribution is 5.77. The molecule has 0 saturated heterocycles. The highest BCUT2D eigenvalue weighted by Crippen LogP contribution is 2.22. The lowest BCUT2D eigenvalue weighted by Crippen LogP contribution is -2.14. The summed E-state index contributed by atoms with van der Waals surface area (Å²) in [5.74, 6) is -1.51. The number of anilines is 1. The molecule has 0 aromatic heterocycles. The average Bonchev–Trinajstić information content (AvgIpc) is 2.17. The number of hydrogen-bond donors (Lipinski definition) is 1. The molecule has 2 N–H and O–H groups in total. The highest BCUT2D eigenvalue weighted by Gasteiger charge is 2.19. The number of rotatable bonds is 3. The molecular weight excluding hydrogens is 197 g/mol. The lowest BCUT2D eigenvalue weighted by atomic mass is 10.0. The van der Waals surface area contributed by atoms with Crippen LogP contribution in [0, 0.1) is 5.82 Å². The summed E-state index contributed by atoms with van der Waals surface area (Å²) in [4.78, 5) is 11.4. The number of ether oxygens (including phenoxy) is 1. The molecule has 1 atom stereocenters. The average molecular weight is 211 g/mol. The Bertz CT molecular complexity index is 366. The van der Waals surface area contributed by atoms with Crippen molar-refractivity contribution in [2.45, 2.75) is 19.8 Å². The van der Waals surface area contributed by atoms with Crippen LogP contribution in [0.25, 0.3) is 0 Å². The maximum Gasteiger partial charge on any atom is 0.313 e. The Morgan fingerprint density at radius 1 is 1.60 bits per heavy atom. The van der Waals surface area contributed by atoms with Gasteiger partial charge in [0.25, 0.3) is 0 Å². The second-order valence-electron chi connectivity index (χ2n) is 3.25. The molecule has 0 radical (unpaired) electrons. The van der Waals surface area contributed by atoms with Crippen molar-refractivity contribution in [1.29, 1.82) is 0 Å². The number of carbonyl (C=O) groups is 1. The fraction of sp³-hybridized carbons (Fsp3) is 0.364. The molecule has 15 heavy (non-hydrogen) atoms. The van der Waals surface area contributed by atoms with E-state index in [0.717, 1.165) is 0 Å². The zero-order valence-electron chi connectivity index (χ0n) is 8.79. The molecule has 82 valence electrons. The zero-order valence-corrected chi connectivity index (χ0v) is 8.79. The molecule has 4 heteroatoms. The summed E-state index contributed by atoms with van der Waals surface area (Å²) in [6, 6.07) is 4.27. The van der Waals surface area contributed by atoms with Gasteiger partial charge in [-0.2, -0.15) is 0 Å². The van der Waals surface area contributed by atoms with Crippen LogP contribution in [0.2, 0.25) is 0 Å². The Kier molecular flexibility index (Phi) is 3.66. The summed E-state index contributed by atoms with van der Waals surface area (Å²) in [7, 11) is 0. The van der Waals surface area contributed by atoms with Crippen LogP contribution in [0.1, 0.15) is 25.3 Å². The van der Waals surface area contributed by atoms with Crippen molar-refractivity contribution in [3.8, 4) is 0 Å². The molecule has 1 rings (SSSR count). The number of esters is 1. The third-order valence-electron chi connectivity index (χ3n) is 2.13. The van der Waals surface area contributed by atoms with Crippen LogP contribution in [-0.2, 0) is 9.53 Å². The highest BCUT2D eigenvalue weighted by atomic mass is 19.1. The largest absolute Gasteiger partial charge is 0.466 e. The third-order valence-corrected chi connectivity index (χ3v) is 2.13. The van der Waals surface area contributed by atoms with Gasteiger partial charge in [0.05, 0.1) is 12.5 Å². The van der Waals surface area contributed by atoms with E-state index in [1.54, 1.807) is 19.9 Å². The second kappa shape index (κ2) is 4.77.